The zero-order chi connectivity index (χ0) is 21.9. The van der Waals surface area contributed by atoms with E-state index in [0.29, 0.717) is 37.3 Å². The van der Waals surface area contributed by atoms with Crippen molar-refractivity contribution in [2.24, 2.45) is 23.2 Å². The van der Waals surface area contributed by atoms with Gasteiger partial charge in [0.25, 0.3) is 0 Å². The van der Waals surface area contributed by atoms with Crippen molar-refractivity contribution < 1.29 is 24.2 Å². The third-order valence-electron chi connectivity index (χ3n) is 7.89. The molecule has 0 spiro atoms. The van der Waals surface area contributed by atoms with E-state index in [1.54, 1.807) is 4.90 Å². The third kappa shape index (κ3) is 4.14. The zero-order valence-electron chi connectivity index (χ0n) is 19.1. The van der Waals surface area contributed by atoms with Crippen molar-refractivity contribution in [3.05, 3.63) is 0 Å². The summed E-state index contributed by atoms with van der Waals surface area (Å²) in [5, 5.41) is 13.7. The molecule has 4 unspecified atom stereocenters. The van der Waals surface area contributed by atoms with E-state index < -0.39 is 17.3 Å². The summed E-state index contributed by atoms with van der Waals surface area (Å²) >= 11 is 0. The molecule has 4 bridgehead atoms. The first-order valence-electron chi connectivity index (χ1n) is 11.5. The number of amides is 2. The van der Waals surface area contributed by atoms with Crippen molar-refractivity contribution in [3.63, 3.8) is 0 Å². The molecular weight excluding hydrogens is 384 g/mol. The largest absolute Gasteiger partial charge is 0.446 e. The first-order chi connectivity index (χ1) is 13.9. The minimum atomic E-state index is -0.687. The van der Waals surface area contributed by atoms with E-state index in [4.69, 9.17) is 9.47 Å². The molecule has 5 aliphatic rings. The summed E-state index contributed by atoms with van der Waals surface area (Å²) in [6.07, 6.45) is 5.17. The van der Waals surface area contributed by atoms with Gasteiger partial charge in [-0.3, -0.25) is 0 Å². The number of alkyl carbamates (subject to hydrolysis) is 1. The molecule has 170 valence electrons. The maximum Gasteiger partial charge on any atom is 0.410 e. The quantitative estimate of drug-likeness (QED) is 0.724. The molecule has 0 radical (unpaired) electrons. The highest BCUT2D eigenvalue weighted by Gasteiger charge is 2.61. The number of likely N-dealkylation sites (tertiary alicyclic amines) is 1. The van der Waals surface area contributed by atoms with E-state index in [9.17, 15) is 14.7 Å². The number of nitrogens with one attached hydrogen (secondary N) is 1. The fourth-order valence-corrected chi connectivity index (χ4v) is 6.63. The summed E-state index contributed by atoms with van der Waals surface area (Å²) in [7, 11) is 0. The first kappa shape index (κ1) is 21.7. The van der Waals surface area contributed by atoms with E-state index in [1.807, 2.05) is 34.6 Å². The van der Waals surface area contributed by atoms with Crippen LogP contribution in [0.1, 0.15) is 73.1 Å². The van der Waals surface area contributed by atoms with Gasteiger partial charge in [0.1, 0.15) is 11.7 Å². The van der Waals surface area contributed by atoms with Crippen LogP contribution in [0.4, 0.5) is 9.59 Å². The lowest BCUT2D eigenvalue weighted by Gasteiger charge is -2.62. The second-order valence-electron chi connectivity index (χ2n) is 11.7. The van der Waals surface area contributed by atoms with Gasteiger partial charge in [-0.1, -0.05) is 0 Å². The normalized spacial score (nSPS) is 37.9. The van der Waals surface area contributed by atoms with Crippen LogP contribution in [-0.4, -0.2) is 58.6 Å². The van der Waals surface area contributed by atoms with Crippen molar-refractivity contribution in [1.29, 1.82) is 0 Å². The van der Waals surface area contributed by atoms with E-state index in [1.165, 1.54) is 0 Å². The van der Waals surface area contributed by atoms with Crippen molar-refractivity contribution in [3.8, 4) is 0 Å². The van der Waals surface area contributed by atoms with Crippen LogP contribution >= 0.6 is 0 Å². The molecule has 2 N–H and O–H groups in total. The zero-order valence-corrected chi connectivity index (χ0v) is 19.1. The number of aliphatic hydroxyl groups is 1. The highest BCUT2D eigenvalue weighted by molar-refractivity contribution is 5.70. The molecule has 2 amide bonds. The van der Waals surface area contributed by atoms with Gasteiger partial charge >= 0.3 is 12.2 Å². The van der Waals surface area contributed by atoms with Crippen LogP contribution in [0.15, 0.2) is 0 Å². The van der Waals surface area contributed by atoms with Crippen LogP contribution in [-0.2, 0) is 9.47 Å². The van der Waals surface area contributed by atoms with Gasteiger partial charge in [-0.25, -0.2) is 9.59 Å². The summed E-state index contributed by atoms with van der Waals surface area (Å²) in [5.41, 5.74) is -1.25. The van der Waals surface area contributed by atoms with Crippen LogP contribution in [0, 0.1) is 23.2 Å². The molecular formula is C23H38N2O5. The number of hydrogen-bond donors (Lipinski definition) is 2. The minimum absolute atomic E-state index is 0.0253. The molecule has 7 nitrogen and oxygen atoms in total. The first-order valence-corrected chi connectivity index (χ1v) is 11.5. The number of rotatable bonds is 3. The molecule has 5 rings (SSSR count). The fourth-order valence-electron chi connectivity index (χ4n) is 6.63. The molecule has 0 aromatic carbocycles. The van der Waals surface area contributed by atoms with E-state index in [0.717, 1.165) is 32.1 Å². The fraction of sp³-hybridized carbons (Fsp3) is 0.913. The molecule has 4 aliphatic carbocycles. The predicted octanol–water partition coefficient (Wildman–Crippen LogP) is 3.69. The Bertz CT molecular complexity index is 679. The molecule has 1 aliphatic heterocycles. The maximum atomic E-state index is 12.9. The number of carbonyl (C=O) groups is 2. The highest BCUT2D eigenvalue weighted by Crippen LogP contribution is 2.64. The van der Waals surface area contributed by atoms with Gasteiger partial charge in [0.05, 0.1) is 11.6 Å². The monoisotopic (exact) mass is 422 g/mol. The van der Waals surface area contributed by atoms with Crippen LogP contribution in [0.5, 0.6) is 0 Å². The number of nitrogens with zero attached hydrogens (tertiary/aromatic N) is 1. The Labute approximate surface area is 179 Å². The lowest BCUT2D eigenvalue weighted by atomic mass is 9.45. The second-order valence-corrected chi connectivity index (χ2v) is 11.7. The molecule has 1 saturated heterocycles. The minimum Gasteiger partial charge on any atom is -0.446 e. The van der Waals surface area contributed by atoms with Crippen LogP contribution in [0.25, 0.3) is 0 Å². The van der Waals surface area contributed by atoms with Gasteiger partial charge in [-0.2, -0.15) is 0 Å². The molecule has 6 atom stereocenters. The van der Waals surface area contributed by atoms with Gasteiger partial charge < -0.3 is 24.8 Å². The van der Waals surface area contributed by atoms with Gasteiger partial charge in [-0.15, -0.1) is 0 Å². The van der Waals surface area contributed by atoms with Crippen molar-refractivity contribution in [1.82, 2.24) is 10.2 Å². The van der Waals surface area contributed by atoms with Gasteiger partial charge in [-0.05, 0) is 96.3 Å². The second kappa shape index (κ2) is 7.28. The number of ether oxygens (including phenoxy) is 2. The number of hydrogen-bond acceptors (Lipinski definition) is 5. The molecule has 0 aromatic rings. The summed E-state index contributed by atoms with van der Waals surface area (Å²) in [6.45, 7) is 10.4. The van der Waals surface area contributed by atoms with Crippen molar-refractivity contribution in [2.45, 2.75) is 96.5 Å². The average Bonchev–Trinajstić information content (AvgIpc) is 3.03. The predicted molar refractivity (Wildman–Crippen MR) is 112 cm³/mol. The van der Waals surface area contributed by atoms with E-state index >= 15 is 0 Å². The molecule has 1 heterocycles. The highest BCUT2D eigenvalue weighted by atomic mass is 16.6. The molecule has 30 heavy (non-hydrogen) atoms. The molecule has 5 fully saturated rings. The maximum absolute atomic E-state index is 12.9. The van der Waals surface area contributed by atoms with E-state index in [2.05, 4.69) is 5.32 Å². The lowest BCUT2D eigenvalue weighted by molar-refractivity contribution is -0.200. The Kier molecular flexibility index (Phi) is 5.27. The summed E-state index contributed by atoms with van der Waals surface area (Å²) < 4.78 is 11.4. The van der Waals surface area contributed by atoms with Crippen molar-refractivity contribution in [2.75, 3.05) is 13.1 Å². The Morgan fingerprint density at radius 1 is 1.07 bits per heavy atom. The summed E-state index contributed by atoms with van der Waals surface area (Å²) in [4.78, 5) is 26.6. The molecule has 4 saturated carbocycles. The van der Waals surface area contributed by atoms with Crippen LogP contribution in [0.2, 0.25) is 0 Å². The van der Waals surface area contributed by atoms with Crippen LogP contribution in [0.3, 0.4) is 0 Å². The SMILES string of the molecule is CC(C)(C)OC(=O)N[C@@H]1CCN(C(=O)OC2C3CC4C[C@H]2CC(C(C)(C)O)(C4)C3)C1. The van der Waals surface area contributed by atoms with Gasteiger partial charge in [0.2, 0.25) is 0 Å². The van der Waals surface area contributed by atoms with Gasteiger partial charge in [0, 0.05) is 13.1 Å². The van der Waals surface area contributed by atoms with Crippen LogP contribution < -0.4 is 5.32 Å². The van der Waals surface area contributed by atoms with Gasteiger partial charge in [0.15, 0.2) is 0 Å². The summed E-state index contributed by atoms with van der Waals surface area (Å²) in [5.74, 6) is 1.35. The van der Waals surface area contributed by atoms with Crippen molar-refractivity contribution >= 4 is 12.2 Å². The standard InChI is InChI=1S/C23H38N2O5/c1-21(2,3)30-19(26)24-17-6-7-25(13-17)20(27)29-18-15-8-14-9-16(18)12-23(10-14,11-15)22(4,5)28/h14-18,28H,6-13H2,1-5H3,(H,24,26)/t14?,15-,16?,17+,18?,23?/m0/s1. The Morgan fingerprint density at radius 2 is 1.70 bits per heavy atom. The Morgan fingerprint density at radius 3 is 2.27 bits per heavy atom. The topological polar surface area (TPSA) is 88.1 Å². The Balaban J connectivity index is 1.32. The third-order valence-corrected chi connectivity index (χ3v) is 7.89. The molecule has 7 heteroatoms. The average molecular weight is 423 g/mol. The summed E-state index contributed by atoms with van der Waals surface area (Å²) in [6, 6.07) is -0.107. The Hall–Kier alpha value is -1.50. The molecule has 0 aromatic heterocycles. The number of carbonyl (C=O) groups excluding carboxylic acids is 2. The smallest absolute Gasteiger partial charge is 0.410 e. The van der Waals surface area contributed by atoms with E-state index in [-0.39, 0.29) is 23.7 Å². The lowest BCUT2D eigenvalue weighted by Crippen LogP contribution is -2.61.